The molecular formula is C23H17N3O5. The molecule has 0 saturated heterocycles. The molecule has 3 aromatic carbocycles. The molecule has 0 aliphatic carbocycles. The van der Waals surface area contributed by atoms with E-state index >= 15 is 0 Å². The van der Waals surface area contributed by atoms with Crippen LogP contribution in [0.1, 0.15) is 42.2 Å². The molecule has 8 nitrogen and oxygen atoms in total. The van der Waals surface area contributed by atoms with E-state index in [1.54, 1.807) is 13.0 Å². The molecule has 1 aliphatic rings. The highest BCUT2D eigenvalue weighted by Gasteiger charge is 2.36. The summed E-state index contributed by atoms with van der Waals surface area (Å²) in [5, 5.41) is 13.7. The number of hydrogen-bond donors (Lipinski definition) is 1. The van der Waals surface area contributed by atoms with E-state index in [-0.39, 0.29) is 28.9 Å². The summed E-state index contributed by atoms with van der Waals surface area (Å²) in [6, 6.07) is 17.8. The normalized spacial score (nSPS) is 12.6. The fourth-order valence-corrected chi connectivity index (χ4v) is 3.49. The molecule has 0 aromatic heterocycles. The highest BCUT2D eigenvalue weighted by atomic mass is 16.6. The molecular weight excluding hydrogens is 398 g/mol. The minimum atomic E-state index is -0.534. The first-order valence-electron chi connectivity index (χ1n) is 9.46. The topological polar surface area (TPSA) is 110 Å². The number of hydrogen-bond acceptors (Lipinski definition) is 5. The molecule has 1 N–H and O–H groups in total. The number of amides is 3. The van der Waals surface area contributed by atoms with Gasteiger partial charge in [0.15, 0.2) is 0 Å². The Morgan fingerprint density at radius 3 is 2.39 bits per heavy atom. The number of anilines is 1. The Bertz CT molecular complexity index is 1240. The van der Waals surface area contributed by atoms with E-state index in [0.29, 0.717) is 11.3 Å². The van der Waals surface area contributed by atoms with Crippen molar-refractivity contribution in [2.75, 3.05) is 5.32 Å². The van der Waals surface area contributed by atoms with Crippen LogP contribution in [0.25, 0.3) is 0 Å². The summed E-state index contributed by atoms with van der Waals surface area (Å²) in [5.74, 6) is -1.41. The second-order valence-electron chi connectivity index (χ2n) is 7.10. The van der Waals surface area contributed by atoms with Gasteiger partial charge in [-0.15, -0.1) is 0 Å². The number of imide groups is 1. The average Bonchev–Trinajstić information content (AvgIpc) is 3.00. The summed E-state index contributed by atoms with van der Waals surface area (Å²) in [6.07, 6.45) is 0. The maximum atomic E-state index is 12.8. The molecule has 0 bridgehead atoms. The van der Waals surface area contributed by atoms with Gasteiger partial charge < -0.3 is 5.32 Å². The average molecular weight is 415 g/mol. The van der Waals surface area contributed by atoms with E-state index in [1.807, 2.05) is 30.3 Å². The molecule has 0 fully saturated rings. The van der Waals surface area contributed by atoms with Crippen molar-refractivity contribution in [2.45, 2.75) is 13.5 Å². The highest BCUT2D eigenvalue weighted by molar-refractivity contribution is 6.22. The molecule has 1 heterocycles. The first-order valence-corrected chi connectivity index (χ1v) is 9.46. The third-order valence-electron chi connectivity index (χ3n) is 5.17. The fourth-order valence-electron chi connectivity index (χ4n) is 3.49. The Labute approximate surface area is 177 Å². The lowest BCUT2D eigenvalue weighted by Gasteiger charge is -2.13. The number of carbonyl (C=O) groups excluding carboxylic acids is 3. The maximum Gasteiger partial charge on any atom is 0.274 e. The second kappa shape index (κ2) is 7.83. The van der Waals surface area contributed by atoms with Crippen molar-refractivity contribution in [2.24, 2.45) is 0 Å². The van der Waals surface area contributed by atoms with Gasteiger partial charge in [0.1, 0.15) is 0 Å². The van der Waals surface area contributed by atoms with Crippen molar-refractivity contribution in [1.29, 1.82) is 0 Å². The first-order chi connectivity index (χ1) is 14.9. The van der Waals surface area contributed by atoms with Gasteiger partial charge in [0.2, 0.25) is 0 Å². The van der Waals surface area contributed by atoms with Gasteiger partial charge in [-0.05, 0) is 36.8 Å². The van der Waals surface area contributed by atoms with Gasteiger partial charge >= 0.3 is 0 Å². The lowest BCUT2D eigenvalue weighted by Crippen LogP contribution is -2.29. The van der Waals surface area contributed by atoms with E-state index in [2.05, 4.69) is 5.32 Å². The number of nitro groups is 1. The van der Waals surface area contributed by atoms with Crippen LogP contribution < -0.4 is 5.32 Å². The summed E-state index contributed by atoms with van der Waals surface area (Å²) in [7, 11) is 0. The van der Waals surface area contributed by atoms with Crippen LogP contribution in [-0.2, 0) is 6.54 Å². The Balaban J connectivity index is 1.58. The molecule has 154 valence electrons. The molecule has 0 radical (unpaired) electrons. The van der Waals surface area contributed by atoms with Crippen molar-refractivity contribution < 1.29 is 19.3 Å². The van der Waals surface area contributed by atoms with Crippen LogP contribution in [0.15, 0.2) is 66.7 Å². The van der Waals surface area contributed by atoms with Crippen LogP contribution >= 0.6 is 0 Å². The van der Waals surface area contributed by atoms with Gasteiger partial charge in [-0.2, -0.15) is 0 Å². The smallest absolute Gasteiger partial charge is 0.274 e. The number of rotatable bonds is 5. The number of fused-ring (bicyclic) bond motifs is 1. The monoisotopic (exact) mass is 415 g/mol. The zero-order chi connectivity index (χ0) is 22.1. The number of benzene rings is 3. The zero-order valence-electron chi connectivity index (χ0n) is 16.5. The molecule has 4 rings (SSSR count). The van der Waals surface area contributed by atoms with E-state index < -0.39 is 22.6 Å². The van der Waals surface area contributed by atoms with Crippen molar-refractivity contribution >= 4 is 29.1 Å². The van der Waals surface area contributed by atoms with Crippen LogP contribution in [0, 0.1) is 17.0 Å². The van der Waals surface area contributed by atoms with Crippen LogP contribution in [-0.4, -0.2) is 27.5 Å². The largest absolute Gasteiger partial charge is 0.321 e. The van der Waals surface area contributed by atoms with Crippen LogP contribution in [0.3, 0.4) is 0 Å². The molecule has 8 heteroatoms. The predicted molar refractivity (Wildman–Crippen MR) is 113 cm³/mol. The summed E-state index contributed by atoms with van der Waals surface area (Å²) in [4.78, 5) is 49.9. The number of nitrogens with one attached hydrogen (secondary N) is 1. The lowest BCUT2D eigenvalue weighted by molar-refractivity contribution is -0.385. The number of nitro benzene ring substituents is 1. The van der Waals surface area contributed by atoms with Gasteiger partial charge in [-0.1, -0.05) is 36.4 Å². The molecule has 0 spiro atoms. The molecule has 0 unspecified atom stereocenters. The zero-order valence-corrected chi connectivity index (χ0v) is 16.5. The van der Waals surface area contributed by atoms with Gasteiger partial charge in [-0.3, -0.25) is 29.4 Å². The standard InChI is InChI=1S/C23H17N3O5/c1-14-19(8-5-9-20(14)26(30)31)24-21(27)16-10-11-17-18(12-16)23(29)25(22(17)28)13-15-6-3-2-4-7-15/h2-12H,13H2,1H3,(H,24,27). The Morgan fingerprint density at radius 1 is 0.968 bits per heavy atom. The van der Waals surface area contributed by atoms with Gasteiger partial charge in [0.25, 0.3) is 23.4 Å². The fraction of sp³-hybridized carbons (Fsp3) is 0.0870. The van der Waals surface area contributed by atoms with Crippen LogP contribution in [0.5, 0.6) is 0 Å². The van der Waals surface area contributed by atoms with Gasteiger partial charge in [0, 0.05) is 11.6 Å². The van der Waals surface area contributed by atoms with Crippen molar-refractivity contribution in [3.8, 4) is 0 Å². The maximum absolute atomic E-state index is 12.8. The summed E-state index contributed by atoms with van der Waals surface area (Å²) < 4.78 is 0. The SMILES string of the molecule is Cc1c(NC(=O)c2ccc3c(c2)C(=O)N(Cc2ccccc2)C3=O)cccc1[N+](=O)[O-]. The summed E-state index contributed by atoms with van der Waals surface area (Å²) >= 11 is 0. The Hall–Kier alpha value is -4.33. The van der Waals surface area contributed by atoms with E-state index in [1.165, 1.54) is 30.3 Å². The minimum absolute atomic E-state index is 0.107. The molecule has 3 amide bonds. The van der Waals surface area contributed by atoms with Crippen molar-refractivity contribution in [3.05, 3.63) is 105 Å². The van der Waals surface area contributed by atoms with Crippen molar-refractivity contribution in [1.82, 2.24) is 4.90 Å². The first kappa shape index (κ1) is 20.0. The van der Waals surface area contributed by atoms with E-state index in [4.69, 9.17) is 0 Å². The van der Waals surface area contributed by atoms with Gasteiger partial charge in [-0.25, -0.2) is 0 Å². The highest BCUT2D eigenvalue weighted by Crippen LogP contribution is 2.28. The summed E-state index contributed by atoms with van der Waals surface area (Å²) in [5.41, 5.74) is 1.90. The third-order valence-corrected chi connectivity index (χ3v) is 5.17. The molecule has 1 aliphatic heterocycles. The quantitative estimate of drug-likeness (QED) is 0.385. The molecule has 3 aromatic rings. The van der Waals surface area contributed by atoms with E-state index in [9.17, 15) is 24.5 Å². The Kier molecular flexibility index (Phi) is 5.04. The molecule has 31 heavy (non-hydrogen) atoms. The summed E-state index contributed by atoms with van der Waals surface area (Å²) in [6.45, 7) is 1.68. The molecule has 0 atom stereocenters. The molecule has 0 saturated carbocycles. The third kappa shape index (κ3) is 3.66. The van der Waals surface area contributed by atoms with Gasteiger partial charge in [0.05, 0.1) is 33.8 Å². The van der Waals surface area contributed by atoms with Crippen molar-refractivity contribution in [3.63, 3.8) is 0 Å². The Morgan fingerprint density at radius 2 is 1.68 bits per heavy atom. The number of carbonyl (C=O) groups is 3. The predicted octanol–water partition coefficient (Wildman–Crippen LogP) is 3.95. The second-order valence-corrected chi connectivity index (χ2v) is 7.10. The lowest BCUT2D eigenvalue weighted by atomic mass is 10.0. The van der Waals surface area contributed by atoms with E-state index in [0.717, 1.165) is 10.5 Å². The minimum Gasteiger partial charge on any atom is -0.321 e. The number of nitrogens with zero attached hydrogens (tertiary/aromatic N) is 2. The van der Waals surface area contributed by atoms with Crippen LogP contribution in [0.2, 0.25) is 0 Å². The van der Waals surface area contributed by atoms with Crippen LogP contribution in [0.4, 0.5) is 11.4 Å².